The zero-order valence-electron chi connectivity index (χ0n) is 5.96. The number of nitrogens with two attached hydrogens (primary N) is 1. The molecule has 0 aliphatic heterocycles. The van der Waals surface area contributed by atoms with Gasteiger partial charge < -0.3 is 5.73 Å². The molecule has 0 atom stereocenters. The average molecular weight is 153 g/mol. The van der Waals surface area contributed by atoms with Crippen LogP contribution < -0.4 is 5.73 Å². The SMILES string of the molecule is Cc1cccc(S)c1CN. The quantitative estimate of drug-likeness (QED) is 0.590. The van der Waals surface area contributed by atoms with Gasteiger partial charge in [0.25, 0.3) is 0 Å². The summed E-state index contributed by atoms with van der Waals surface area (Å²) < 4.78 is 0. The maximum Gasteiger partial charge on any atom is 0.0191 e. The van der Waals surface area contributed by atoms with E-state index in [1.54, 1.807) is 0 Å². The molecule has 0 aliphatic rings. The highest BCUT2D eigenvalue weighted by molar-refractivity contribution is 7.80. The normalized spacial score (nSPS) is 9.90. The van der Waals surface area contributed by atoms with Gasteiger partial charge in [0.1, 0.15) is 0 Å². The standard InChI is InChI=1S/C8H11NS/c1-6-3-2-4-8(10)7(6)5-9/h2-4,10H,5,9H2,1H3. The number of hydrogen-bond donors (Lipinski definition) is 2. The van der Waals surface area contributed by atoms with Gasteiger partial charge in [-0.15, -0.1) is 12.6 Å². The van der Waals surface area contributed by atoms with Gasteiger partial charge in [0, 0.05) is 11.4 Å². The predicted octanol–water partition coefficient (Wildman–Crippen LogP) is 1.74. The molecule has 1 aromatic carbocycles. The molecule has 0 saturated heterocycles. The van der Waals surface area contributed by atoms with Crippen LogP contribution in [-0.4, -0.2) is 0 Å². The Morgan fingerprint density at radius 1 is 1.50 bits per heavy atom. The molecule has 0 heterocycles. The van der Waals surface area contributed by atoms with Crippen LogP contribution in [0, 0.1) is 6.92 Å². The maximum atomic E-state index is 5.50. The topological polar surface area (TPSA) is 26.0 Å². The monoisotopic (exact) mass is 153 g/mol. The molecular formula is C8H11NS. The molecule has 0 amide bonds. The van der Waals surface area contributed by atoms with Gasteiger partial charge in [-0.3, -0.25) is 0 Å². The minimum Gasteiger partial charge on any atom is -0.326 e. The van der Waals surface area contributed by atoms with Gasteiger partial charge in [0.05, 0.1) is 0 Å². The van der Waals surface area contributed by atoms with E-state index >= 15 is 0 Å². The Labute approximate surface area is 66.7 Å². The van der Waals surface area contributed by atoms with Crippen molar-refractivity contribution in [3.63, 3.8) is 0 Å². The minimum atomic E-state index is 0.575. The van der Waals surface area contributed by atoms with Crippen LogP contribution in [0.4, 0.5) is 0 Å². The third-order valence-corrected chi connectivity index (χ3v) is 2.01. The Bertz CT molecular complexity index is 212. The first-order valence-electron chi connectivity index (χ1n) is 3.23. The highest BCUT2D eigenvalue weighted by Gasteiger charge is 1.97. The van der Waals surface area contributed by atoms with Crippen molar-refractivity contribution in [3.05, 3.63) is 29.3 Å². The van der Waals surface area contributed by atoms with Gasteiger partial charge in [0.15, 0.2) is 0 Å². The lowest BCUT2D eigenvalue weighted by Gasteiger charge is -2.04. The van der Waals surface area contributed by atoms with Crippen molar-refractivity contribution in [1.82, 2.24) is 0 Å². The molecule has 2 N–H and O–H groups in total. The smallest absolute Gasteiger partial charge is 0.0191 e. The third kappa shape index (κ3) is 1.33. The van der Waals surface area contributed by atoms with E-state index in [0.717, 1.165) is 10.5 Å². The first-order chi connectivity index (χ1) is 4.75. The van der Waals surface area contributed by atoms with Crippen LogP contribution in [0.15, 0.2) is 23.1 Å². The van der Waals surface area contributed by atoms with Gasteiger partial charge in [-0.25, -0.2) is 0 Å². The largest absolute Gasteiger partial charge is 0.326 e. The van der Waals surface area contributed by atoms with E-state index in [2.05, 4.69) is 12.6 Å². The van der Waals surface area contributed by atoms with Crippen molar-refractivity contribution in [3.8, 4) is 0 Å². The van der Waals surface area contributed by atoms with E-state index in [-0.39, 0.29) is 0 Å². The highest BCUT2D eigenvalue weighted by atomic mass is 32.1. The summed E-state index contributed by atoms with van der Waals surface area (Å²) in [7, 11) is 0. The summed E-state index contributed by atoms with van der Waals surface area (Å²) in [6.45, 7) is 2.62. The van der Waals surface area contributed by atoms with Crippen LogP contribution in [0.2, 0.25) is 0 Å². The highest BCUT2D eigenvalue weighted by Crippen LogP contribution is 2.16. The first-order valence-corrected chi connectivity index (χ1v) is 3.68. The summed E-state index contributed by atoms with van der Waals surface area (Å²) in [5.74, 6) is 0. The zero-order valence-corrected chi connectivity index (χ0v) is 6.86. The molecule has 0 spiro atoms. The second-order valence-corrected chi connectivity index (χ2v) is 2.76. The second kappa shape index (κ2) is 3.08. The van der Waals surface area contributed by atoms with Crippen molar-refractivity contribution < 1.29 is 0 Å². The lowest BCUT2D eigenvalue weighted by Crippen LogP contribution is -1.99. The van der Waals surface area contributed by atoms with Crippen LogP contribution in [0.1, 0.15) is 11.1 Å². The summed E-state index contributed by atoms with van der Waals surface area (Å²) in [6, 6.07) is 5.98. The van der Waals surface area contributed by atoms with E-state index in [9.17, 15) is 0 Å². The van der Waals surface area contributed by atoms with Crippen molar-refractivity contribution in [2.45, 2.75) is 18.4 Å². The fourth-order valence-corrected chi connectivity index (χ4v) is 1.31. The van der Waals surface area contributed by atoms with Crippen LogP contribution >= 0.6 is 12.6 Å². The summed E-state index contributed by atoms with van der Waals surface area (Å²) in [5, 5.41) is 0. The number of rotatable bonds is 1. The van der Waals surface area contributed by atoms with E-state index in [1.165, 1.54) is 5.56 Å². The lowest BCUT2D eigenvalue weighted by molar-refractivity contribution is 1.01. The van der Waals surface area contributed by atoms with Crippen molar-refractivity contribution in [1.29, 1.82) is 0 Å². The van der Waals surface area contributed by atoms with Crippen LogP contribution in [0.25, 0.3) is 0 Å². The van der Waals surface area contributed by atoms with Crippen LogP contribution in [-0.2, 0) is 6.54 Å². The Hall–Kier alpha value is -0.470. The Morgan fingerprint density at radius 3 is 2.60 bits per heavy atom. The molecule has 0 aliphatic carbocycles. The molecule has 2 heteroatoms. The minimum absolute atomic E-state index is 0.575. The van der Waals surface area contributed by atoms with Crippen molar-refractivity contribution >= 4 is 12.6 Å². The fraction of sp³-hybridized carbons (Fsp3) is 0.250. The van der Waals surface area contributed by atoms with E-state index in [0.29, 0.717) is 6.54 Å². The van der Waals surface area contributed by atoms with Gasteiger partial charge in [-0.05, 0) is 24.1 Å². The number of aryl methyl sites for hydroxylation is 1. The average Bonchev–Trinajstić information content (AvgIpc) is 1.88. The van der Waals surface area contributed by atoms with Gasteiger partial charge >= 0.3 is 0 Å². The van der Waals surface area contributed by atoms with E-state index in [4.69, 9.17) is 5.73 Å². The molecule has 0 saturated carbocycles. The van der Waals surface area contributed by atoms with Gasteiger partial charge in [-0.1, -0.05) is 12.1 Å². The summed E-state index contributed by atoms with van der Waals surface area (Å²) in [4.78, 5) is 0.988. The Kier molecular flexibility index (Phi) is 2.35. The molecule has 1 rings (SSSR count). The molecule has 1 nitrogen and oxygen atoms in total. The second-order valence-electron chi connectivity index (χ2n) is 2.28. The Morgan fingerprint density at radius 2 is 2.20 bits per heavy atom. The number of thiol groups is 1. The van der Waals surface area contributed by atoms with E-state index in [1.807, 2.05) is 25.1 Å². The molecule has 0 aromatic heterocycles. The molecule has 10 heavy (non-hydrogen) atoms. The van der Waals surface area contributed by atoms with Gasteiger partial charge in [0.2, 0.25) is 0 Å². The first kappa shape index (κ1) is 7.63. The van der Waals surface area contributed by atoms with Crippen molar-refractivity contribution in [2.24, 2.45) is 5.73 Å². The fourth-order valence-electron chi connectivity index (χ4n) is 0.952. The van der Waals surface area contributed by atoms with Crippen LogP contribution in [0.5, 0.6) is 0 Å². The number of benzene rings is 1. The molecule has 54 valence electrons. The Balaban J connectivity index is 3.17. The summed E-state index contributed by atoms with van der Waals surface area (Å²) in [6.07, 6.45) is 0. The van der Waals surface area contributed by atoms with Crippen LogP contribution in [0.3, 0.4) is 0 Å². The molecule has 1 aromatic rings. The lowest BCUT2D eigenvalue weighted by atomic mass is 10.1. The zero-order chi connectivity index (χ0) is 7.56. The molecule has 0 radical (unpaired) electrons. The molecule has 0 fully saturated rings. The molecular weight excluding hydrogens is 142 g/mol. The maximum absolute atomic E-state index is 5.50. The third-order valence-electron chi connectivity index (χ3n) is 1.59. The summed E-state index contributed by atoms with van der Waals surface area (Å²) in [5.41, 5.74) is 7.86. The van der Waals surface area contributed by atoms with E-state index < -0.39 is 0 Å². The van der Waals surface area contributed by atoms with Crippen molar-refractivity contribution in [2.75, 3.05) is 0 Å². The molecule has 0 unspecified atom stereocenters. The van der Waals surface area contributed by atoms with Gasteiger partial charge in [-0.2, -0.15) is 0 Å². The molecule has 0 bridgehead atoms. The number of hydrogen-bond acceptors (Lipinski definition) is 2. The summed E-state index contributed by atoms with van der Waals surface area (Å²) >= 11 is 4.27. The predicted molar refractivity (Wildman–Crippen MR) is 46.3 cm³/mol.